The number of methoxy groups -OCH3 is 1. The Morgan fingerprint density at radius 1 is 1.29 bits per heavy atom. The minimum Gasteiger partial charge on any atom is -0.507 e. The molecule has 0 aliphatic rings. The number of phenolic OH excluding ortho intramolecular Hbond substituents is 1. The normalized spacial score (nSPS) is 10.6. The topological polar surface area (TPSA) is 70.9 Å². The molecule has 2 N–H and O–H groups in total. The van der Waals surface area contributed by atoms with Crippen LogP contribution in [-0.2, 0) is 0 Å². The van der Waals surface area contributed by atoms with Gasteiger partial charge in [-0.2, -0.15) is 5.10 Å². The van der Waals surface area contributed by atoms with Crippen molar-refractivity contribution in [1.29, 1.82) is 0 Å². The van der Waals surface area contributed by atoms with Crippen LogP contribution in [0.15, 0.2) is 47.6 Å². The smallest absolute Gasteiger partial charge is 0.271 e. The second kappa shape index (κ2) is 6.56. The van der Waals surface area contributed by atoms with Crippen molar-refractivity contribution in [2.24, 2.45) is 5.10 Å². The summed E-state index contributed by atoms with van der Waals surface area (Å²) in [5.41, 5.74) is 4.39. The number of hydrazone groups is 1. The standard InChI is InChI=1S/C16H16N2O3/c1-11-6-7-15(19)13(8-11)10-17-18-16(20)12-4-3-5-14(9-12)21-2/h3-10,19H,1-2H3,(H,18,20)/b17-10-. The summed E-state index contributed by atoms with van der Waals surface area (Å²) in [7, 11) is 1.54. The highest BCUT2D eigenvalue weighted by Crippen LogP contribution is 2.16. The number of hydrogen-bond acceptors (Lipinski definition) is 4. The summed E-state index contributed by atoms with van der Waals surface area (Å²) in [6, 6.07) is 11.9. The number of nitrogens with zero attached hydrogens (tertiary/aromatic N) is 1. The molecule has 0 unspecified atom stereocenters. The number of benzene rings is 2. The Bertz CT molecular complexity index is 681. The first-order valence-corrected chi connectivity index (χ1v) is 6.37. The van der Waals surface area contributed by atoms with Gasteiger partial charge in [0.25, 0.3) is 5.91 Å². The number of aryl methyl sites for hydroxylation is 1. The highest BCUT2D eigenvalue weighted by Gasteiger charge is 2.05. The van der Waals surface area contributed by atoms with Crippen LogP contribution >= 0.6 is 0 Å². The lowest BCUT2D eigenvalue weighted by Crippen LogP contribution is -2.17. The average Bonchev–Trinajstić information content (AvgIpc) is 2.50. The van der Waals surface area contributed by atoms with Crippen LogP contribution in [0, 0.1) is 6.92 Å². The molecule has 108 valence electrons. The van der Waals surface area contributed by atoms with E-state index in [2.05, 4.69) is 10.5 Å². The van der Waals surface area contributed by atoms with Gasteiger partial charge in [0.15, 0.2) is 0 Å². The van der Waals surface area contributed by atoms with Gasteiger partial charge >= 0.3 is 0 Å². The number of nitrogens with one attached hydrogen (secondary N) is 1. The molecular formula is C16H16N2O3. The average molecular weight is 284 g/mol. The third-order valence-corrected chi connectivity index (χ3v) is 2.88. The Labute approximate surface area is 122 Å². The highest BCUT2D eigenvalue weighted by molar-refractivity contribution is 5.95. The Balaban J connectivity index is 2.06. The van der Waals surface area contributed by atoms with Crippen molar-refractivity contribution < 1.29 is 14.6 Å². The number of aromatic hydroxyl groups is 1. The maximum absolute atomic E-state index is 11.9. The van der Waals surface area contributed by atoms with E-state index in [-0.39, 0.29) is 11.7 Å². The van der Waals surface area contributed by atoms with E-state index in [0.717, 1.165) is 5.56 Å². The fraction of sp³-hybridized carbons (Fsp3) is 0.125. The minimum atomic E-state index is -0.350. The predicted molar refractivity (Wildman–Crippen MR) is 80.9 cm³/mol. The third kappa shape index (κ3) is 3.82. The minimum absolute atomic E-state index is 0.111. The summed E-state index contributed by atoms with van der Waals surface area (Å²) in [5.74, 6) is 0.361. The molecule has 2 aromatic carbocycles. The van der Waals surface area contributed by atoms with Crippen molar-refractivity contribution in [3.05, 3.63) is 59.2 Å². The van der Waals surface area contributed by atoms with Gasteiger partial charge in [0.05, 0.1) is 13.3 Å². The largest absolute Gasteiger partial charge is 0.507 e. The van der Waals surface area contributed by atoms with Crippen molar-refractivity contribution >= 4 is 12.1 Å². The van der Waals surface area contributed by atoms with Crippen molar-refractivity contribution in [3.8, 4) is 11.5 Å². The van der Waals surface area contributed by atoms with Crippen LogP contribution in [0.4, 0.5) is 0 Å². The zero-order valence-corrected chi connectivity index (χ0v) is 11.8. The van der Waals surface area contributed by atoms with E-state index >= 15 is 0 Å². The zero-order chi connectivity index (χ0) is 15.2. The van der Waals surface area contributed by atoms with E-state index in [1.165, 1.54) is 13.3 Å². The summed E-state index contributed by atoms with van der Waals surface area (Å²) < 4.78 is 5.06. The summed E-state index contributed by atoms with van der Waals surface area (Å²) in [5, 5.41) is 13.5. The molecule has 0 aliphatic carbocycles. The first-order chi connectivity index (χ1) is 10.1. The number of rotatable bonds is 4. The van der Waals surface area contributed by atoms with Gasteiger partial charge in [0.1, 0.15) is 11.5 Å². The highest BCUT2D eigenvalue weighted by atomic mass is 16.5. The molecular weight excluding hydrogens is 268 g/mol. The van der Waals surface area contributed by atoms with E-state index in [4.69, 9.17) is 4.74 Å². The van der Waals surface area contributed by atoms with E-state index in [1.54, 1.807) is 42.5 Å². The lowest BCUT2D eigenvalue weighted by Gasteiger charge is -2.03. The van der Waals surface area contributed by atoms with Gasteiger partial charge in [-0.3, -0.25) is 4.79 Å². The van der Waals surface area contributed by atoms with Crippen LogP contribution in [-0.4, -0.2) is 24.3 Å². The Kier molecular flexibility index (Phi) is 4.56. The van der Waals surface area contributed by atoms with Gasteiger partial charge in [0, 0.05) is 11.1 Å². The first kappa shape index (κ1) is 14.6. The first-order valence-electron chi connectivity index (χ1n) is 6.37. The number of hydrogen-bond donors (Lipinski definition) is 2. The summed E-state index contributed by atoms with van der Waals surface area (Å²) in [6.07, 6.45) is 1.40. The van der Waals surface area contributed by atoms with Crippen LogP contribution in [0.1, 0.15) is 21.5 Å². The van der Waals surface area contributed by atoms with E-state index in [1.807, 2.05) is 6.92 Å². The molecule has 0 spiro atoms. The lowest BCUT2D eigenvalue weighted by atomic mass is 10.1. The lowest BCUT2D eigenvalue weighted by molar-refractivity contribution is 0.0954. The summed E-state index contributed by atoms with van der Waals surface area (Å²) in [4.78, 5) is 11.9. The molecule has 0 saturated heterocycles. The van der Waals surface area contributed by atoms with Crippen LogP contribution in [0.25, 0.3) is 0 Å². The monoisotopic (exact) mass is 284 g/mol. The van der Waals surface area contributed by atoms with E-state index in [9.17, 15) is 9.90 Å². The van der Waals surface area contributed by atoms with Gasteiger partial charge in [-0.15, -0.1) is 0 Å². The van der Waals surface area contributed by atoms with Crippen LogP contribution in [0.2, 0.25) is 0 Å². The molecule has 0 radical (unpaired) electrons. The molecule has 0 aliphatic heterocycles. The fourth-order valence-electron chi connectivity index (χ4n) is 1.77. The second-order valence-corrected chi connectivity index (χ2v) is 4.49. The van der Waals surface area contributed by atoms with Crippen molar-refractivity contribution in [3.63, 3.8) is 0 Å². The molecule has 0 saturated carbocycles. The van der Waals surface area contributed by atoms with E-state index < -0.39 is 0 Å². The number of ether oxygens (including phenoxy) is 1. The van der Waals surface area contributed by atoms with E-state index in [0.29, 0.717) is 16.9 Å². The van der Waals surface area contributed by atoms with Crippen LogP contribution in [0.5, 0.6) is 11.5 Å². The second-order valence-electron chi connectivity index (χ2n) is 4.49. The van der Waals surface area contributed by atoms with Crippen molar-refractivity contribution in [2.45, 2.75) is 6.92 Å². The predicted octanol–water partition coefficient (Wildman–Crippen LogP) is 2.47. The number of amides is 1. The number of carbonyl (C=O) groups excluding carboxylic acids is 1. The molecule has 2 rings (SSSR count). The van der Waals surface area contributed by atoms with Crippen LogP contribution in [0.3, 0.4) is 0 Å². The number of carbonyl (C=O) groups is 1. The zero-order valence-electron chi connectivity index (χ0n) is 11.8. The molecule has 2 aromatic rings. The molecule has 5 heteroatoms. The summed E-state index contributed by atoms with van der Waals surface area (Å²) >= 11 is 0. The SMILES string of the molecule is COc1cccc(C(=O)N/N=C\c2cc(C)ccc2O)c1. The molecule has 1 amide bonds. The van der Waals surface area contributed by atoms with Crippen molar-refractivity contribution in [1.82, 2.24) is 5.43 Å². The van der Waals surface area contributed by atoms with Crippen molar-refractivity contribution in [2.75, 3.05) is 7.11 Å². The fourth-order valence-corrected chi connectivity index (χ4v) is 1.77. The molecule has 0 bridgehead atoms. The van der Waals surface area contributed by atoms with Gasteiger partial charge < -0.3 is 9.84 Å². The molecule has 0 atom stereocenters. The van der Waals surface area contributed by atoms with Gasteiger partial charge in [-0.25, -0.2) is 5.43 Å². The summed E-state index contributed by atoms with van der Waals surface area (Å²) in [6.45, 7) is 1.91. The Hall–Kier alpha value is -2.82. The van der Waals surface area contributed by atoms with Gasteiger partial charge in [0.2, 0.25) is 0 Å². The molecule has 21 heavy (non-hydrogen) atoms. The van der Waals surface area contributed by atoms with Gasteiger partial charge in [-0.1, -0.05) is 17.7 Å². The Morgan fingerprint density at radius 3 is 2.86 bits per heavy atom. The molecule has 5 nitrogen and oxygen atoms in total. The maximum Gasteiger partial charge on any atom is 0.271 e. The third-order valence-electron chi connectivity index (χ3n) is 2.88. The molecule has 0 fully saturated rings. The molecule has 0 heterocycles. The quantitative estimate of drug-likeness (QED) is 0.669. The maximum atomic E-state index is 11.9. The molecule has 0 aromatic heterocycles. The Morgan fingerprint density at radius 2 is 2.10 bits per heavy atom. The van der Waals surface area contributed by atoms with Gasteiger partial charge in [-0.05, 0) is 37.3 Å². The van der Waals surface area contributed by atoms with Crippen LogP contribution < -0.4 is 10.2 Å². The number of phenols is 1.